The molecule has 0 saturated carbocycles. The molecule has 3 aliphatic heterocycles. The van der Waals surface area contributed by atoms with Gasteiger partial charge in [0.15, 0.2) is 0 Å². The van der Waals surface area contributed by atoms with Crippen LogP contribution in [0.5, 0.6) is 0 Å². The molecule has 0 aromatic carbocycles. The van der Waals surface area contributed by atoms with E-state index < -0.39 is 5.97 Å². The zero-order valence-corrected chi connectivity index (χ0v) is 13.2. The first-order chi connectivity index (χ1) is 10.1. The first-order valence-electron chi connectivity index (χ1n) is 8.40. The van der Waals surface area contributed by atoms with Crippen LogP contribution in [0.1, 0.15) is 39.0 Å². The molecule has 5 heteroatoms. The van der Waals surface area contributed by atoms with Crippen molar-refractivity contribution in [3.8, 4) is 0 Å². The third-order valence-corrected chi connectivity index (χ3v) is 5.82. The molecule has 1 N–H and O–H groups in total. The van der Waals surface area contributed by atoms with E-state index in [1.54, 1.807) is 0 Å². The summed E-state index contributed by atoms with van der Waals surface area (Å²) in [6.07, 6.45) is 6.07. The highest BCUT2D eigenvalue weighted by Gasteiger charge is 2.45. The molecule has 120 valence electrons. The first kappa shape index (κ1) is 15.3. The molecule has 3 aliphatic rings. The smallest absolute Gasteiger partial charge is 0.310 e. The second-order valence-corrected chi connectivity index (χ2v) is 6.96. The van der Waals surface area contributed by atoms with Crippen molar-refractivity contribution >= 4 is 5.97 Å². The number of carboxylic acid groups (broad SMARTS) is 1. The van der Waals surface area contributed by atoms with Crippen molar-refractivity contribution < 1.29 is 14.6 Å². The van der Waals surface area contributed by atoms with Gasteiger partial charge in [-0.3, -0.25) is 9.69 Å². The van der Waals surface area contributed by atoms with Crippen LogP contribution < -0.4 is 0 Å². The van der Waals surface area contributed by atoms with Gasteiger partial charge >= 0.3 is 5.97 Å². The lowest BCUT2D eigenvalue weighted by molar-refractivity contribution is -0.143. The highest BCUT2D eigenvalue weighted by molar-refractivity contribution is 5.71. The fourth-order valence-corrected chi connectivity index (χ4v) is 4.64. The molecule has 4 atom stereocenters. The number of carbonyl (C=O) groups is 1. The van der Waals surface area contributed by atoms with E-state index in [2.05, 4.69) is 23.8 Å². The van der Waals surface area contributed by atoms with Gasteiger partial charge < -0.3 is 14.7 Å². The van der Waals surface area contributed by atoms with E-state index in [0.29, 0.717) is 31.3 Å². The second-order valence-electron chi connectivity index (χ2n) is 6.96. The molecular formula is C16H28N2O3. The van der Waals surface area contributed by atoms with Crippen molar-refractivity contribution in [2.75, 3.05) is 26.8 Å². The molecule has 3 rings (SSSR count). The maximum absolute atomic E-state index is 11.5. The van der Waals surface area contributed by atoms with Crippen LogP contribution in [0.3, 0.4) is 0 Å². The van der Waals surface area contributed by atoms with Crippen molar-refractivity contribution in [3.05, 3.63) is 0 Å². The van der Waals surface area contributed by atoms with E-state index in [1.165, 1.54) is 25.7 Å². The molecule has 0 aromatic heterocycles. The molecule has 4 unspecified atom stereocenters. The van der Waals surface area contributed by atoms with Crippen molar-refractivity contribution in [2.24, 2.45) is 5.92 Å². The van der Waals surface area contributed by atoms with Gasteiger partial charge in [-0.2, -0.15) is 0 Å². The SMILES string of the molecule is CCCN(C1CC2CCC(C1)N2C)C1COCC1C(=O)O. The number of carboxylic acids is 1. The van der Waals surface area contributed by atoms with E-state index in [4.69, 9.17) is 4.74 Å². The number of hydrogen-bond donors (Lipinski definition) is 1. The summed E-state index contributed by atoms with van der Waals surface area (Å²) >= 11 is 0. The standard InChI is InChI=1S/C16H28N2O3/c1-3-6-18(15-10-21-9-14(15)16(19)20)13-7-11-4-5-12(8-13)17(11)2/h11-15H,3-10H2,1-2H3,(H,19,20). The molecule has 0 radical (unpaired) electrons. The Bertz CT molecular complexity index is 376. The molecule has 0 aliphatic carbocycles. The summed E-state index contributed by atoms with van der Waals surface area (Å²) in [5, 5.41) is 9.44. The predicted octanol–water partition coefficient (Wildman–Crippen LogP) is 1.42. The Kier molecular flexibility index (Phi) is 4.52. The van der Waals surface area contributed by atoms with Crippen LogP contribution in [-0.2, 0) is 9.53 Å². The quantitative estimate of drug-likeness (QED) is 0.831. The summed E-state index contributed by atoms with van der Waals surface area (Å²) < 4.78 is 5.51. The lowest BCUT2D eigenvalue weighted by atomic mass is 9.92. The molecule has 0 aromatic rings. The second kappa shape index (κ2) is 6.23. The van der Waals surface area contributed by atoms with E-state index >= 15 is 0 Å². The van der Waals surface area contributed by atoms with Gasteiger partial charge in [-0.25, -0.2) is 0 Å². The lowest BCUT2D eigenvalue weighted by Gasteiger charge is -2.44. The number of piperidine rings is 1. The Balaban J connectivity index is 1.74. The molecular weight excluding hydrogens is 268 g/mol. The fraction of sp³-hybridized carbons (Fsp3) is 0.938. The number of ether oxygens (including phenoxy) is 1. The molecule has 3 saturated heterocycles. The Labute approximate surface area is 127 Å². The topological polar surface area (TPSA) is 53.0 Å². The highest BCUT2D eigenvalue weighted by Crippen LogP contribution is 2.38. The molecule has 2 bridgehead atoms. The molecule has 5 nitrogen and oxygen atoms in total. The van der Waals surface area contributed by atoms with Gasteiger partial charge in [0.1, 0.15) is 0 Å². The van der Waals surface area contributed by atoms with Gasteiger partial charge in [0, 0.05) is 24.2 Å². The van der Waals surface area contributed by atoms with Gasteiger partial charge in [0.2, 0.25) is 0 Å². The Morgan fingerprint density at radius 1 is 1.29 bits per heavy atom. The van der Waals surface area contributed by atoms with E-state index in [-0.39, 0.29) is 12.0 Å². The summed E-state index contributed by atoms with van der Waals surface area (Å²) in [4.78, 5) is 16.5. The third-order valence-electron chi connectivity index (χ3n) is 5.82. The lowest BCUT2D eigenvalue weighted by Crippen LogP contribution is -2.54. The largest absolute Gasteiger partial charge is 0.481 e. The van der Waals surface area contributed by atoms with Crippen LogP contribution in [0, 0.1) is 5.92 Å². The number of nitrogens with zero attached hydrogens (tertiary/aromatic N) is 2. The summed E-state index contributed by atoms with van der Waals surface area (Å²) in [5.74, 6) is -1.05. The van der Waals surface area contributed by atoms with Crippen LogP contribution in [0.4, 0.5) is 0 Å². The zero-order valence-electron chi connectivity index (χ0n) is 13.2. The predicted molar refractivity (Wildman–Crippen MR) is 80.3 cm³/mol. The Morgan fingerprint density at radius 3 is 2.52 bits per heavy atom. The van der Waals surface area contributed by atoms with Gasteiger partial charge in [-0.05, 0) is 45.7 Å². The van der Waals surface area contributed by atoms with Crippen LogP contribution in [0.2, 0.25) is 0 Å². The van der Waals surface area contributed by atoms with Crippen molar-refractivity contribution in [1.82, 2.24) is 9.80 Å². The van der Waals surface area contributed by atoms with Crippen molar-refractivity contribution in [1.29, 1.82) is 0 Å². The van der Waals surface area contributed by atoms with E-state index in [0.717, 1.165) is 13.0 Å². The van der Waals surface area contributed by atoms with Gasteiger partial charge in [0.25, 0.3) is 0 Å². The molecule has 0 amide bonds. The molecule has 0 spiro atoms. The minimum atomic E-state index is -0.700. The van der Waals surface area contributed by atoms with Crippen molar-refractivity contribution in [3.63, 3.8) is 0 Å². The van der Waals surface area contributed by atoms with Gasteiger partial charge in [-0.1, -0.05) is 6.92 Å². The van der Waals surface area contributed by atoms with Crippen molar-refractivity contribution in [2.45, 2.75) is 63.2 Å². The average Bonchev–Trinajstić information content (AvgIpc) is 2.99. The molecule has 3 heterocycles. The number of fused-ring (bicyclic) bond motifs is 2. The molecule has 21 heavy (non-hydrogen) atoms. The normalized spacial score (nSPS) is 40.0. The first-order valence-corrected chi connectivity index (χ1v) is 8.40. The fourth-order valence-electron chi connectivity index (χ4n) is 4.64. The summed E-state index contributed by atoms with van der Waals surface area (Å²) in [6, 6.07) is 1.99. The Morgan fingerprint density at radius 2 is 1.95 bits per heavy atom. The minimum Gasteiger partial charge on any atom is -0.481 e. The van der Waals surface area contributed by atoms with Gasteiger partial charge in [0.05, 0.1) is 19.1 Å². The zero-order chi connectivity index (χ0) is 15.0. The third kappa shape index (κ3) is 2.83. The van der Waals surface area contributed by atoms with Crippen LogP contribution in [-0.4, -0.2) is 71.8 Å². The summed E-state index contributed by atoms with van der Waals surface area (Å²) in [5.41, 5.74) is 0. The maximum atomic E-state index is 11.5. The molecule has 3 fully saturated rings. The monoisotopic (exact) mass is 296 g/mol. The highest BCUT2D eigenvalue weighted by atomic mass is 16.5. The van der Waals surface area contributed by atoms with E-state index in [9.17, 15) is 9.90 Å². The van der Waals surface area contributed by atoms with E-state index in [1.807, 2.05) is 0 Å². The maximum Gasteiger partial charge on any atom is 0.310 e. The number of rotatable bonds is 5. The Hall–Kier alpha value is -0.650. The minimum absolute atomic E-state index is 0.0651. The van der Waals surface area contributed by atoms with Crippen LogP contribution >= 0.6 is 0 Å². The number of hydrogen-bond acceptors (Lipinski definition) is 4. The number of aliphatic carboxylic acids is 1. The van der Waals surface area contributed by atoms with Crippen LogP contribution in [0.25, 0.3) is 0 Å². The van der Waals surface area contributed by atoms with Gasteiger partial charge in [-0.15, -0.1) is 0 Å². The average molecular weight is 296 g/mol. The summed E-state index contributed by atoms with van der Waals surface area (Å²) in [7, 11) is 2.25. The summed E-state index contributed by atoms with van der Waals surface area (Å²) in [6.45, 7) is 4.13. The van der Waals surface area contributed by atoms with Crippen LogP contribution in [0.15, 0.2) is 0 Å².